The van der Waals surface area contributed by atoms with Gasteiger partial charge in [-0.15, -0.1) is 0 Å². The number of piperazine rings is 1. The molecule has 0 spiro atoms. The highest BCUT2D eigenvalue weighted by atomic mass is 16.6. The van der Waals surface area contributed by atoms with E-state index in [-0.39, 0.29) is 23.6 Å². The third-order valence-corrected chi connectivity index (χ3v) is 2.94. The topological polar surface area (TPSA) is 85.7 Å². The van der Waals surface area contributed by atoms with Crippen LogP contribution in [0.5, 0.6) is 0 Å². The fourth-order valence-electron chi connectivity index (χ4n) is 1.91. The number of carbonyl (C=O) groups is 2. The summed E-state index contributed by atoms with van der Waals surface area (Å²) >= 11 is 0. The standard InChI is InChI=1S/C14H22N4O3/c1-4-21-14(20)18-7-5-17(6-8-18)10-12(9-15)13(19)16-11(2)3/h10-11H,4-8H2,1-3H3,(H,16,19)/b12-10-. The van der Waals surface area contributed by atoms with Gasteiger partial charge < -0.3 is 19.9 Å². The molecule has 1 saturated heterocycles. The molecule has 0 aromatic carbocycles. The Kier molecular flexibility index (Phi) is 6.53. The van der Waals surface area contributed by atoms with Crippen molar-refractivity contribution in [2.45, 2.75) is 26.8 Å². The lowest BCUT2D eigenvalue weighted by Crippen LogP contribution is -2.47. The summed E-state index contributed by atoms with van der Waals surface area (Å²) in [6.07, 6.45) is 1.24. The van der Waals surface area contributed by atoms with Crippen molar-refractivity contribution in [3.8, 4) is 6.07 Å². The van der Waals surface area contributed by atoms with E-state index in [0.29, 0.717) is 32.8 Å². The van der Waals surface area contributed by atoms with E-state index in [1.807, 2.05) is 24.8 Å². The molecular formula is C14H22N4O3. The number of hydrogen-bond acceptors (Lipinski definition) is 5. The Balaban J connectivity index is 2.57. The van der Waals surface area contributed by atoms with Crippen molar-refractivity contribution in [1.29, 1.82) is 5.26 Å². The van der Waals surface area contributed by atoms with Gasteiger partial charge in [-0.3, -0.25) is 4.79 Å². The summed E-state index contributed by atoms with van der Waals surface area (Å²) < 4.78 is 4.94. The molecule has 1 aliphatic rings. The van der Waals surface area contributed by atoms with Gasteiger partial charge in [0, 0.05) is 38.4 Å². The van der Waals surface area contributed by atoms with Gasteiger partial charge in [0.25, 0.3) is 5.91 Å². The van der Waals surface area contributed by atoms with Gasteiger partial charge in [-0.25, -0.2) is 4.79 Å². The van der Waals surface area contributed by atoms with Gasteiger partial charge in [0.05, 0.1) is 6.61 Å². The number of hydrogen-bond donors (Lipinski definition) is 1. The van der Waals surface area contributed by atoms with E-state index in [1.165, 1.54) is 0 Å². The van der Waals surface area contributed by atoms with E-state index in [4.69, 9.17) is 10.00 Å². The molecule has 7 nitrogen and oxygen atoms in total. The normalized spacial score (nSPS) is 15.7. The number of amides is 2. The molecule has 1 N–H and O–H groups in total. The van der Waals surface area contributed by atoms with E-state index in [2.05, 4.69) is 5.32 Å². The molecule has 1 aliphatic heterocycles. The van der Waals surface area contributed by atoms with E-state index >= 15 is 0 Å². The number of nitrogens with one attached hydrogen (secondary N) is 1. The van der Waals surface area contributed by atoms with E-state index in [1.54, 1.807) is 18.0 Å². The first kappa shape index (κ1) is 16.8. The smallest absolute Gasteiger partial charge is 0.409 e. The Hall–Kier alpha value is -2.23. The maximum atomic E-state index is 11.8. The number of nitrogens with zero attached hydrogens (tertiary/aromatic N) is 3. The average molecular weight is 294 g/mol. The summed E-state index contributed by atoms with van der Waals surface area (Å²) in [7, 11) is 0. The largest absolute Gasteiger partial charge is 0.450 e. The molecule has 7 heteroatoms. The Labute approximate surface area is 125 Å². The van der Waals surface area contributed by atoms with Crippen molar-refractivity contribution < 1.29 is 14.3 Å². The molecule has 0 aromatic rings. The van der Waals surface area contributed by atoms with Crippen LogP contribution in [0.15, 0.2) is 11.8 Å². The minimum Gasteiger partial charge on any atom is -0.450 e. The van der Waals surface area contributed by atoms with Crippen molar-refractivity contribution in [1.82, 2.24) is 15.1 Å². The monoisotopic (exact) mass is 294 g/mol. The minimum absolute atomic E-state index is 0.0186. The van der Waals surface area contributed by atoms with Crippen LogP contribution in [0.3, 0.4) is 0 Å². The Bertz CT molecular complexity index is 446. The molecule has 1 fully saturated rings. The minimum atomic E-state index is -0.375. The Morgan fingerprint density at radius 1 is 1.33 bits per heavy atom. The molecule has 0 aromatic heterocycles. The predicted octanol–water partition coefficient (Wildman–Crippen LogP) is 0.693. The summed E-state index contributed by atoms with van der Waals surface area (Å²) in [4.78, 5) is 26.9. The molecule has 0 atom stereocenters. The van der Waals surface area contributed by atoms with Gasteiger partial charge in [-0.2, -0.15) is 5.26 Å². The summed E-state index contributed by atoms with van der Waals surface area (Å²) in [5, 5.41) is 11.7. The van der Waals surface area contributed by atoms with Crippen LogP contribution in [0.1, 0.15) is 20.8 Å². The van der Waals surface area contributed by atoms with Gasteiger partial charge in [-0.05, 0) is 20.8 Å². The first-order valence-electron chi connectivity index (χ1n) is 7.06. The average Bonchev–Trinajstić information content (AvgIpc) is 2.44. The predicted molar refractivity (Wildman–Crippen MR) is 77.1 cm³/mol. The van der Waals surface area contributed by atoms with Crippen LogP contribution in [-0.4, -0.2) is 60.6 Å². The zero-order valence-corrected chi connectivity index (χ0v) is 12.8. The van der Waals surface area contributed by atoms with Crippen molar-refractivity contribution in [3.05, 3.63) is 11.8 Å². The number of ether oxygens (including phenoxy) is 1. The van der Waals surface area contributed by atoms with Crippen LogP contribution in [0, 0.1) is 11.3 Å². The highest BCUT2D eigenvalue weighted by molar-refractivity contribution is 5.97. The molecule has 0 bridgehead atoms. The SMILES string of the molecule is CCOC(=O)N1CCN(/C=C(/C#N)C(=O)NC(C)C)CC1. The zero-order valence-electron chi connectivity index (χ0n) is 12.8. The van der Waals surface area contributed by atoms with Gasteiger partial charge in [0.2, 0.25) is 0 Å². The van der Waals surface area contributed by atoms with Crippen LogP contribution in [-0.2, 0) is 9.53 Å². The van der Waals surface area contributed by atoms with Crippen LogP contribution in [0.25, 0.3) is 0 Å². The highest BCUT2D eigenvalue weighted by Gasteiger charge is 2.21. The van der Waals surface area contributed by atoms with Gasteiger partial charge in [0.1, 0.15) is 11.6 Å². The van der Waals surface area contributed by atoms with Gasteiger partial charge >= 0.3 is 6.09 Å². The van der Waals surface area contributed by atoms with Crippen LogP contribution >= 0.6 is 0 Å². The number of carbonyl (C=O) groups excluding carboxylic acids is 2. The molecule has 116 valence electrons. The van der Waals surface area contributed by atoms with Crippen molar-refractivity contribution in [3.63, 3.8) is 0 Å². The molecular weight excluding hydrogens is 272 g/mol. The van der Waals surface area contributed by atoms with E-state index < -0.39 is 0 Å². The second-order valence-corrected chi connectivity index (χ2v) is 5.00. The Morgan fingerprint density at radius 3 is 2.43 bits per heavy atom. The van der Waals surface area contributed by atoms with E-state index in [9.17, 15) is 9.59 Å². The van der Waals surface area contributed by atoms with Crippen molar-refractivity contribution in [2.75, 3.05) is 32.8 Å². The lowest BCUT2D eigenvalue weighted by atomic mass is 10.2. The molecule has 2 amide bonds. The van der Waals surface area contributed by atoms with Gasteiger partial charge in [0.15, 0.2) is 0 Å². The number of nitriles is 1. The third-order valence-electron chi connectivity index (χ3n) is 2.94. The summed E-state index contributed by atoms with van der Waals surface area (Å²) in [6.45, 7) is 7.96. The molecule has 21 heavy (non-hydrogen) atoms. The first-order chi connectivity index (χ1) is 9.97. The number of rotatable bonds is 4. The molecule has 0 aliphatic carbocycles. The molecule has 0 radical (unpaired) electrons. The first-order valence-corrected chi connectivity index (χ1v) is 7.06. The lowest BCUT2D eigenvalue weighted by molar-refractivity contribution is -0.117. The molecule has 1 heterocycles. The maximum absolute atomic E-state index is 11.8. The van der Waals surface area contributed by atoms with Crippen molar-refractivity contribution >= 4 is 12.0 Å². The third kappa shape index (κ3) is 5.34. The van der Waals surface area contributed by atoms with Crippen molar-refractivity contribution in [2.24, 2.45) is 0 Å². The summed E-state index contributed by atoms with van der Waals surface area (Å²) in [5.41, 5.74) is 0.0771. The summed E-state index contributed by atoms with van der Waals surface area (Å²) in [5.74, 6) is -0.375. The van der Waals surface area contributed by atoms with Crippen LogP contribution in [0.2, 0.25) is 0 Å². The van der Waals surface area contributed by atoms with Crippen LogP contribution in [0.4, 0.5) is 4.79 Å². The lowest BCUT2D eigenvalue weighted by Gasteiger charge is -2.33. The fraction of sp³-hybridized carbons (Fsp3) is 0.643. The fourth-order valence-corrected chi connectivity index (χ4v) is 1.91. The quantitative estimate of drug-likeness (QED) is 0.609. The highest BCUT2D eigenvalue weighted by Crippen LogP contribution is 2.06. The Morgan fingerprint density at radius 2 is 1.95 bits per heavy atom. The van der Waals surface area contributed by atoms with Crippen LogP contribution < -0.4 is 5.32 Å². The van der Waals surface area contributed by atoms with E-state index in [0.717, 1.165) is 0 Å². The van der Waals surface area contributed by atoms with Gasteiger partial charge in [-0.1, -0.05) is 0 Å². The summed E-state index contributed by atoms with van der Waals surface area (Å²) in [6, 6.07) is 1.89. The second-order valence-electron chi connectivity index (χ2n) is 5.00. The molecule has 0 saturated carbocycles. The maximum Gasteiger partial charge on any atom is 0.409 e. The molecule has 1 rings (SSSR count). The zero-order chi connectivity index (χ0) is 15.8. The molecule has 0 unspecified atom stereocenters. The second kappa shape index (κ2) is 8.15.